The van der Waals surface area contributed by atoms with E-state index in [1.807, 2.05) is 12.1 Å². The number of carbonyl (C=O) groups excluding carboxylic acids is 1. The molecule has 1 heterocycles. The third-order valence-electron chi connectivity index (χ3n) is 2.20. The van der Waals surface area contributed by atoms with Gasteiger partial charge in [0, 0.05) is 10.2 Å². The van der Waals surface area contributed by atoms with Crippen molar-refractivity contribution in [3.05, 3.63) is 27.7 Å². The highest BCUT2D eigenvalue weighted by Gasteiger charge is 2.23. The molecule has 0 unspecified atom stereocenters. The molecule has 0 saturated heterocycles. The average Bonchev–Trinajstić information content (AvgIpc) is 2.20. The zero-order valence-electron chi connectivity index (χ0n) is 7.67. The summed E-state index contributed by atoms with van der Waals surface area (Å²) in [6.45, 7) is 0. The van der Waals surface area contributed by atoms with Gasteiger partial charge in [0.25, 0.3) is 0 Å². The second-order valence-electron chi connectivity index (χ2n) is 3.02. The summed E-state index contributed by atoms with van der Waals surface area (Å²) in [6, 6.07) is 3.76. The van der Waals surface area contributed by atoms with Crippen LogP contribution in [0.15, 0.2) is 16.6 Å². The van der Waals surface area contributed by atoms with Gasteiger partial charge in [0.05, 0.1) is 18.4 Å². The fraction of sp³-hybridized carbons (Fsp3) is 0.300. The summed E-state index contributed by atoms with van der Waals surface area (Å²) in [4.78, 5) is 11.7. The molecule has 0 aromatic heterocycles. The maximum absolute atomic E-state index is 11.7. The second-order valence-corrected chi connectivity index (χ2v) is 4.86. The van der Waals surface area contributed by atoms with Gasteiger partial charge in [-0.1, -0.05) is 15.9 Å². The average molecular weight is 273 g/mol. The molecular weight excluding hydrogens is 264 g/mol. The van der Waals surface area contributed by atoms with Crippen LogP contribution >= 0.6 is 27.7 Å². The maximum atomic E-state index is 11.7. The third-order valence-corrected chi connectivity index (χ3v) is 3.90. The lowest BCUT2D eigenvalue weighted by molar-refractivity contribution is 0.101. The Balaban J connectivity index is 2.64. The predicted molar refractivity (Wildman–Crippen MR) is 61.2 cm³/mol. The molecule has 0 N–H and O–H groups in total. The van der Waals surface area contributed by atoms with Crippen LogP contribution in [0.3, 0.4) is 0 Å². The SMILES string of the molecule is COc1ccc(Br)c2c1C(=O)CSC2. The van der Waals surface area contributed by atoms with E-state index in [9.17, 15) is 4.79 Å². The van der Waals surface area contributed by atoms with Crippen molar-refractivity contribution in [2.75, 3.05) is 12.9 Å². The van der Waals surface area contributed by atoms with Crippen LogP contribution in [0.2, 0.25) is 0 Å². The Morgan fingerprint density at radius 1 is 1.43 bits per heavy atom. The van der Waals surface area contributed by atoms with Crippen LogP contribution in [0.5, 0.6) is 5.75 Å². The molecule has 0 amide bonds. The van der Waals surface area contributed by atoms with Crippen LogP contribution < -0.4 is 4.74 Å². The molecule has 0 aliphatic carbocycles. The molecule has 0 saturated carbocycles. The second kappa shape index (κ2) is 3.95. The number of ketones is 1. The van der Waals surface area contributed by atoms with Crippen LogP contribution in [0.1, 0.15) is 15.9 Å². The highest BCUT2D eigenvalue weighted by Crippen LogP contribution is 2.36. The van der Waals surface area contributed by atoms with Crippen LogP contribution in [-0.4, -0.2) is 18.6 Å². The van der Waals surface area contributed by atoms with E-state index in [0.29, 0.717) is 11.5 Å². The monoisotopic (exact) mass is 272 g/mol. The zero-order chi connectivity index (χ0) is 10.1. The lowest BCUT2D eigenvalue weighted by atomic mass is 10.0. The van der Waals surface area contributed by atoms with E-state index < -0.39 is 0 Å². The number of methoxy groups -OCH3 is 1. The molecule has 0 radical (unpaired) electrons. The maximum Gasteiger partial charge on any atom is 0.176 e. The minimum Gasteiger partial charge on any atom is -0.496 e. The predicted octanol–water partition coefficient (Wildman–Crippen LogP) is 2.89. The molecule has 74 valence electrons. The summed E-state index contributed by atoms with van der Waals surface area (Å²) < 4.78 is 6.18. The van der Waals surface area contributed by atoms with Gasteiger partial charge in [0.1, 0.15) is 5.75 Å². The number of hydrogen-bond acceptors (Lipinski definition) is 3. The molecule has 1 aromatic rings. The minimum atomic E-state index is 0.161. The van der Waals surface area contributed by atoms with Crippen molar-refractivity contribution in [2.45, 2.75) is 5.75 Å². The van der Waals surface area contributed by atoms with E-state index in [1.54, 1.807) is 18.9 Å². The molecule has 1 aliphatic heterocycles. The number of fused-ring (bicyclic) bond motifs is 1. The normalized spacial score (nSPS) is 15.1. The highest BCUT2D eigenvalue weighted by molar-refractivity contribution is 9.10. The fourth-order valence-corrected chi connectivity index (χ4v) is 3.13. The van der Waals surface area contributed by atoms with E-state index in [2.05, 4.69) is 15.9 Å². The molecule has 4 heteroatoms. The van der Waals surface area contributed by atoms with Crippen LogP contribution in [0.4, 0.5) is 0 Å². The summed E-state index contributed by atoms with van der Waals surface area (Å²) in [5.74, 6) is 2.28. The summed E-state index contributed by atoms with van der Waals surface area (Å²) in [6.07, 6.45) is 0. The van der Waals surface area contributed by atoms with Gasteiger partial charge in [-0.2, -0.15) is 0 Å². The quantitative estimate of drug-likeness (QED) is 0.787. The lowest BCUT2D eigenvalue weighted by Crippen LogP contribution is -2.13. The first-order chi connectivity index (χ1) is 6.74. The van der Waals surface area contributed by atoms with E-state index in [0.717, 1.165) is 21.4 Å². The number of benzene rings is 1. The fourth-order valence-electron chi connectivity index (χ4n) is 1.54. The Morgan fingerprint density at radius 3 is 2.93 bits per heavy atom. The third kappa shape index (κ3) is 1.57. The molecule has 1 aliphatic rings. The first-order valence-electron chi connectivity index (χ1n) is 4.20. The molecule has 0 atom stereocenters. The summed E-state index contributed by atoms with van der Waals surface area (Å²) in [5, 5.41) is 0. The molecule has 2 rings (SSSR count). The van der Waals surface area contributed by atoms with Gasteiger partial charge in [0.2, 0.25) is 0 Å². The Labute approximate surface area is 95.2 Å². The van der Waals surface area contributed by atoms with Gasteiger partial charge in [-0.15, -0.1) is 11.8 Å². The Kier molecular flexibility index (Phi) is 2.83. The van der Waals surface area contributed by atoms with Crippen molar-refractivity contribution in [2.24, 2.45) is 0 Å². The van der Waals surface area contributed by atoms with E-state index in [1.165, 1.54) is 0 Å². The number of carbonyl (C=O) groups is 1. The molecule has 0 fully saturated rings. The Hall–Kier alpha value is -0.480. The number of hydrogen-bond donors (Lipinski definition) is 0. The van der Waals surface area contributed by atoms with Crippen LogP contribution in [0, 0.1) is 0 Å². The highest BCUT2D eigenvalue weighted by atomic mass is 79.9. The number of thioether (sulfide) groups is 1. The first-order valence-corrected chi connectivity index (χ1v) is 6.15. The van der Waals surface area contributed by atoms with Gasteiger partial charge in [0.15, 0.2) is 5.78 Å². The smallest absolute Gasteiger partial charge is 0.176 e. The molecule has 0 bridgehead atoms. The summed E-state index contributed by atoms with van der Waals surface area (Å²) in [7, 11) is 1.60. The van der Waals surface area contributed by atoms with E-state index in [-0.39, 0.29) is 5.78 Å². The Bertz CT molecular complexity index is 390. The van der Waals surface area contributed by atoms with Crippen molar-refractivity contribution < 1.29 is 9.53 Å². The van der Waals surface area contributed by atoms with E-state index >= 15 is 0 Å². The summed E-state index contributed by atoms with van der Waals surface area (Å²) in [5.41, 5.74) is 1.81. The number of ether oxygens (including phenoxy) is 1. The van der Waals surface area contributed by atoms with Crippen molar-refractivity contribution in [1.29, 1.82) is 0 Å². The lowest BCUT2D eigenvalue weighted by Gasteiger charge is -2.18. The zero-order valence-corrected chi connectivity index (χ0v) is 10.1. The van der Waals surface area contributed by atoms with Gasteiger partial charge in [-0.3, -0.25) is 4.79 Å². The van der Waals surface area contributed by atoms with Crippen molar-refractivity contribution >= 4 is 33.5 Å². The molecule has 2 nitrogen and oxygen atoms in total. The topological polar surface area (TPSA) is 26.3 Å². The number of halogens is 1. The van der Waals surface area contributed by atoms with Crippen LogP contribution in [0.25, 0.3) is 0 Å². The van der Waals surface area contributed by atoms with Gasteiger partial charge in [-0.25, -0.2) is 0 Å². The molecule has 1 aromatic carbocycles. The van der Waals surface area contributed by atoms with Crippen molar-refractivity contribution in [3.8, 4) is 5.75 Å². The van der Waals surface area contributed by atoms with Crippen molar-refractivity contribution in [1.82, 2.24) is 0 Å². The largest absolute Gasteiger partial charge is 0.496 e. The molecular formula is C10H9BrO2S. The standard InChI is InChI=1S/C10H9BrO2S/c1-13-9-3-2-7(11)6-4-14-5-8(12)10(6)9/h2-3H,4-5H2,1H3. The van der Waals surface area contributed by atoms with Crippen LogP contribution in [-0.2, 0) is 5.75 Å². The number of rotatable bonds is 1. The first kappa shape index (κ1) is 10.1. The molecule has 0 spiro atoms. The van der Waals surface area contributed by atoms with E-state index in [4.69, 9.17) is 4.74 Å². The Morgan fingerprint density at radius 2 is 2.21 bits per heavy atom. The van der Waals surface area contributed by atoms with Gasteiger partial charge < -0.3 is 4.74 Å². The van der Waals surface area contributed by atoms with Crippen molar-refractivity contribution in [3.63, 3.8) is 0 Å². The molecule has 14 heavy (non-hydrogen) atoms. The number of Topliss-reactive ketones (excluding diaryl/α,β-unsaturated/α-hetero) is 1. The summed E-state index contributed by atoms with van der Waals surface area (Å²) >= 11 is 5.10. The minimum absolute atomic E-state index is 0.161. The van der Waals surface area contributed by atoms with Gasteiger partial charge >= 0.3 is 0 Å². The van der Waals surface area contributed by atoms with Gasteiger partial charge in [-0.05, 0) is 17.7 Å².